The Balaban J connectivity index is 1.26. The van der Waals surface area contributed by atoms with E-state index >= 15 is 0 Å². The first-order valence-corrected chi connectivity index (χ1v) is 9.37. The van der Waals surface area contributed by atoms with Gasteiger partial charge in [0, 0.05) is 12.1 Å². The van der Waals surface area contributed by atoms with Crippen LogP contribution in [0.25, 0.3) is 0 Å². The van der Waals surface area contributed by atoms with E-state index in [0.717, 1.165) is 12.8 Å². The van der Waals surface area contributed by atoms with Crippen molar-refractivity contribution in [3.8, 4) is 17.2 Å². The minimum Gasteiger partial charge on any atom is -0.485 e. The number of nitrogens with one attached hydrogen (secondary N) is 1. The van der Waals surface area contributed by atoms with Gasteiger partial charge in [0.2, 0.25) is 12.6 Å². The van der Waals surface area contributed by atoms with Crippen molar-refractivity contribution in [2.24, 2.45) is 0 Å². The maximum atomic E-state index is 12.3. The van der Waals surface area contributed by atoms with Crippen LogP contribution in [0.3, 0.4) is 0 Å². The summed E-state index contributed by atoms with van der Waals surface area (Å²) in [6.07, 6.45) is 1.69. The van der Waals surface area contributed by atoms with Gasteiger partial charge in [-0.25, -0.2) is 0 Å². The van der Waals surface area contributed by atoms with Crippen LogP contribution in [0.2, 0.25) is 0 Å². The van der Waals surface area contributed by atoms with Gasteiger partial charge in [-0.05, 0) is 37.5 Å². The summed E-state index contributed by atoms with van der Waals surface area (Å²) in [5.74, 6) is 1.69. The highest BCUT2D eigenvalue weighted by Gasteiger charge is 2.18. The molecule has 1 amide bonds. The summed E-state index contributed by atoms with van der Waals surface area (Å²) in [6.45, 7) is 2.22. The molecule has 0 saturated carbocycles. The highest BCUT2D eigenvalue weighted by Crippen LogP contribution is 2.35. The molecule has 1 aromatic heterocycles. The van der Waals surface area contributed by atoms with Crippen LogP contribution in [-0.4, -0.2) is 28.9 Å². The number of hydrogen-bond acceptors (Lipinski definition) is 7. The fourth-order valence-electron chi connectivity index (χ4n) is 2.90. The zero-order valence-corrected chi connectivity index (χ0v) is 16.0. The smallest absolute Gasteiger partial charge is 0.316 e. The molecule has 2 aromatic carbocycles. The monoisotopic (exact) mass is 395 g/mol. The summed E-state index contributed by atoms with van der Waals surface area (Å²) in [5.41, 5.74) is 1.23. The maximum Gasteiger partial charge on any atom is 0.316 e. The molecule has 29 heavy (non-hydrogen) atoms. The lowest BCUT2D eigenvalue weighted by Crippen LogP contribution is -2.33. The quantitative estimate of drug-likeness (QED) is 0.626. The van der Waals surface area contributed by atoms with E-state index in [1.807, 2.05) is 25.1 Å². The molecule has 150 valence electrons. The van der Waals surface area contributed by atoms with E-state index in [1.165, 1.54) is 5.56 Å². The Morgan fingerprint density at radius 2 is 2.00 bits per heavy atom. The van der Waals surface area contributed by atoms with E-state index in [9.17, 15) is 4.79 Å². The average Bonchev–Trinajstić information content (AvgIpc) is 3.40. The van der Waals surface area contributed by atoms with Crippen molar-refractivity contribution in [2.75, 3.05) is 6.79 Å². The number of ether oxygens (including phenoxy) is 3. The summed E-state index contributed by atoms with van der Waals surface area (Å²) in [7, 11) is 0. The number of nitrogens with zero attached hydrogens (tertiary/aromatic N) is 2. The third-order valence-corrected chi connectivity index (χ3v) is 4.46. The molecule has 0 saturated heterocycles. The lowest BCUT2D eigenvalue weighted by atomic mass is 10.1. The number of fused-ring (bicyclic) bond motifs is 1. The van der Waals surface area contributed by atoms with Crippen LogP contribution in [-0.2, 0) is 13.0 Å². The Kier molecular flexibility index (Phi) is 5.60. The fraction of sp³-hybridized carbons (Fsp3) is 0.286. The summed E-state index contributed by atoms with van der Waals surface area (Å²) >= 11 is 0. The van der Waals surface area contributed by atoms with Crippen LogP contribution in [0, 0.1) is 0 Å². The van der Waals surface area contributed by atoms with E-state index in [4.69, 9.17) is 18.7 Å². The Morgan fingerprint density at radius 1 is 1.17 bits per heavy atom. The van der Waals surface area contributed by atoms with Crippen LogP contribution < -0.4 is 19.5 Å². The molecule has 4 rings (SSSR count). The lowest BCUT2D eigenvalue weighted by Gasteiger charge is -2.12. The average molecular weight is 395 g/mol. The van der Waals surface area contributed by atoms with E-state index in [0.29, 0.717) is 17.2 Å². The van der Waals surface area contributed by atoms with Gasteiger partial charge in [-0.2, -0.15) is 4.98 Å². The number of amides is 1. The molecule has 0 unspecified atom stereocenters. The molecule has 8 nitrogen and oxygen atoms in total. The zero-order valence-electron chi connectivity index (χ0n) is 16.0. The first-order valence-electron chi connectivity index (χ1n) is 9.37. The molecule has 0 bridgehead atoms. The molecule has 3 aromatic rings. The fourth-order valence-corrected chi connectivity index (χ4v) is 2.90. The second kappa shape index (κ2) is 8.64. The number of carbonyl (C=O) groups is 1. The number of aryl methyl sites for hydroxylation is 1. The van der Waals surface area contributed by atoms with Crippen molar-refractivity contribution < 1.29 is 23.5 Å². The van der Waals surface area contributed by atoms with Crippen molar-refractivity contribution in [1.82, 2.24) is 15.5 Å². The van der Waals surface area contributed by atoms with E-state index in [1.54, 1.807) is 18.2 Å². The first-order chi connectivity index (χ1) is 14.2. The highest BCUT2D eigenvalue weighted by molar-refractivity contribution is 5.89. The molecule has 0 radical (unpaired) electrons. The molecular weight excluding hydrogens is 374 g/mol. The Bertz CT molecular complexity index is 973. The highest BCUT2D eigenvalue weighted by atomic mass is 16.7. The molecule has 1 aliphatic rings. The largest absolute Gasteiger partial charge is 0.485 e. The number of benzene rings is 2. The molecule has 1 atom stereocenters. The van der Waals surface area contributed by atoms with E-state index < -0.39 is 5.91 Å². The standard InChI is InChI=1S/C21H21N3O5/c1-14(7-8-15-5-3-2-4-6-15)22-20(25)21-23-19(24-29-21)12-26-16-9-10-17-18(11-16)28-13-27-17/h2-6,9-11,14H,7-8,12-13H2,1H3,(H,22,25)/t14-/m1/s1. The van der Waals surface area contributed by atoms with Crippen LogP contribution >= 0.6 is 0 Å². The Morgan fingerprint density at radius 3 is 2.86 bits per heavy atom. The van der Waals surface area contributed by atoms with Gasteiger partial charge < -0.3 is 24.1 Å². The lowest BCUT2D eigenvalue weighted by molar-refractivity contribution is 0.0894. The third-order valence-electron chi connectivity index (χ3n) is 4.46. The van der Waals surface area contributed by atoms with Gasteiger partial charge in [0.15, 0.2) is 18.1 Å². The topological polar surface area (TPSA) is 95.7 Å². The van der Waals surface area contributed by atoms with Crippen molar-refractivity contribution >= 4 is 5.91 Å². The summed E-state index contributed by atoms with van der Waals surface area (Å²) < 4.78 is 21.2. The summed E-state index contributed by atoms with van der Waals surface area (Å²) in [4.78, 5) is 16.4. The van der Waals surface area contributed by atoms with Crippen LogP contribution in [0.5, 0.6) is 17.2 Å². The Labute approximate surface area is 167 Å². The molecule has 1 N–H and O–H groups in total. The predicted molar refractivity (Wildman–Crippen MR) is 103 cm³/mol. The molecule has 8 heteroatoms. The van der Waals surface area contributed by atoms with Gasteiger partial charge >= 0.3 is 11.8 Å². The first kappa shape index (κ1) is 18.8. The van der Waals surface area contributed by atoms with Crippen molar-refractivity contribution in [2.45, 2.75) is 32.4 Å². The summed E-state index contributed by atoms with van der Waals surface area (Å²) in [6, 6.07) is 15.4. The molecule has 0 fully saturated rings. The number of carbonyl (C=O) groups excluding carboxylic acids is 1. The number of aromatic nitrogens is 2. The van der Waals surface area contributed by atoms with Gasteiger partial charge in [-0.1, -0.05) is 35.5 Å². The molecule has 0 spiro atoms. The van der Waals surface area contributed by atoms with Crippen LogP contribution in [0.15, 0.2) is 53.1 Å². The van der Waals surface area contributed by atoms with Crippen molar-refractivity contribution in [3.63, 3.8) is 0 Å². The molecule has 0 aliphatic carbocycles. The predicted octanol–water partition coefficient (Wildman–Crippen LogP) is 3.13. The van der Waals surface area contributed by atoms with Gasteiger partial charge in [-0.15, -0.1) is 0 Å². The maximum absolute atomic E-state index is 12.3. The number of hydrogen-bond donors (Lipinski definition) is 1. The van der Waals surface area contributed by atoms with E-state index in [2.05, 4.69) is 27.6 Å². The van der Waals surface area contributed by atoms with Crippen LogP contribution in [0.1, 0.15) is 35.4 Å². The van der Waals surface area contributed by atoms with Gasteiger partial charge in [0.25, 0.3) is 0 Å². The second-order valence-corrected chi connectivity index (χ2v) is 6.72. The minimum absolute atomic E-state index is 0.0251. The molecule has 1 aliphatic heterocycles. The van der Waals surface area contributed by atoms with Crippen molar-refractivity contribution in [1.29, 1.82) is 0 Å². The Hall–Kier alpha value is -3.55. The van der Waals surface area contributed by atoms with Gasteiger partial charge in [-0.3, -0.25) is 4.79 Å². The molecular formula is C21H21N3O5. The third kappa shape index (κ3) is 4.84. The second-order valence-electron chi connectivity index (χ2n) is 6.72. The van der Waals surface area contributed by atoms with Gasteiger partial charge in [0.1, 0.15) is 5.75 Å². The SMILES string of the molecule is C[C@H](CCc1ccccc1)NC(=O)c1nc(COc2ccc3c(c2)OCO3)no1. The van der Waals surface area contributed by atoms with Gasteiger partial charge in [0.05, 0.1) is 0 Å². The van der Waals surface area contributed by atoms with Crippen molar-refractivity contribution in [3.05, 3.63) is 65.8 Å². The summed E-state index contributed by atoms with van der Waals surface area (Å²) in [5, 5.41) is 6.67. The zero-order chi connectivity index (χ0) is 20.1. The van der Waals surface area contributed by atoms with E-state index in [-0.39, 0.29) is 31.2 Å². The minimum atomic E-state index is -0.396. The molecule has 2 heterocycles. The van der Waals surface area contributed by atoms with Crippen LogP contribution in [0.4, 0.5) is 0 Å². The normalized spacial score (nSPS) is 13.1. The number of rotatable bonds is 8.